The Morgan fingerprint density at radius 1 is 1.25 bits per heavy atom. The Labute approximate surface area is 138 Å². The van der Waals surface area contributed by atoms with Gasteiger partial charge in [-0.05, 0) is 31.2 Å². The fourth-order valence-corrected chi connectivity index (χ4v) is 1.95. The topological polar surface area (TPSA) is 92.6 Å². The van der Waals surface area contributed by atoms with Gasteiger partial charge in [0.05, 0.1) is 24.1 Å². The number of hydrogen-bond donors (Lipinski definition) is 3. The third-order valence-electron chi connectivity index (χ3n) is 3.17. The second-order valence-corrected chi connectivity index (χ2v) is 4.91. The maximum Gasteiger partial charge on any atom is 0.319 e. The fraction of sp³-hybridized carbons (Fsp3) is 0.250. The van der Waals surface area contributed by atoms with Crippen molar-refractivity contribution >= 4 is 23.3 Å². The van der Waals surface area contributed by atoms with Crippen LogP contribution in [0.3, 0.4) is 0 Å². The number of aryl methyl sites for hydroxylation is 1. The first kappa shape index (κ1) is 17.5. The average molecular weight is 335 g/mol. The molecule has 0 spiro atoms. The quantitative estimate of drug-likeness (QED) is 0.708. The predicted octanol–water partition coefficient (Wildman–Crippen LogP) is 2.75. The number of urea groups is 1. The van der Waals surface area contributed by atoms with Gasteiger partial charge in [0.2, 0.25) is 0 Å². The number of ether oxygens (including phenoxy) is 1. The minimum Gasteiger partial charge on any atom is -0.469 e. The highest BCUT2D eigenvalue weighted by molar-refractivity contribution is 6.05. The first-order chi connectivity index (χ1) is 11.5. The van der Waals surface area contributed by atoms with Crippen molar-refractivity contribution < 1.29 is 23.1 Å². The molecule has 0 bridgehead atoms. The van der Waals surface area contributed by atoms with Crippen LogP contribution in [-0.2, 0) is 4.74 Å². The molecule has 3 N–H and O–H groups in total. The number of benzene rings is 1. The molecule has 0 aliphatic rings. The monoisotopic (exact) mass is 335 g/mol. The molecule has 0 unspecified atom stereocenters. The Kier molecular flexibility index (Phi) is 5.91. The van der Waals surface area contributed by atoms with Gasteiger partial charge in [-0.15, -0.1) is 0 Å². The molecule has 7 nitrogen and oxygen atoms in total. The number of furan rings is 1. The van der Waals surface area contributed by atoms with Crippen molar-refractivity contribution in [3.8, 4) is 0 Å². The van der Waals surface area contributed by atoms with E-state index in [1.165, 1.54) is 31.6 Å². The highest BCUT2D eigenvalue weighted by Gasteiger charge is 2.14. The van der Waals surface area contributed by atoms with Crippen LogP contribution in [0.15, 0.2) is 34.9 Å². The lowest BCUT2D eigenvalue weighted by Gasteiger charge is -2.10. The average Bonchev–Trinajstić information content (AvgIpc) is 2.97. The molecular weight excluding hydrogens is 317 g/mol. The Hall–Kier alpha value is -2.87. The first-order valence-electron chi connectivity index (χ1n) is 7.20. The molecule has 1 aromatic carbocycles. The minimum absolute atomic E-state index is 0.0460. The largest absolute Gasteiger partial charge is 0.469 e. The number of rotatable bonds is 6. The summed E-state index contributed by atoms with van der Waals surface area (Å²) < 4.78 is 23.7. The lowest BCUT2D eigenvalue weighted by molar-refractivity contribution is 0.102. The van der Waals surface area contributed by atoms with Crippen LogP contribution < -0.4 is 16.0 Å². The summed E-state index contributed by atoms with van der Waals surface area (Å²) in [6, 6.07) is 4.92. The van der Waals surface area contributed by atoms with Gasteiger partial charge in [0.15, 0.2) is 0 Å². The van der Waals surface area contributed by atoms with Gasteiger partial charge in [-0.2, -0.15) is 0 Å². The maximum atomic E-state index is 13.9. The Morgan fingerprint density at radius 3 is 2.71 bits per heavy atom. The molecule has 0 fully saturated rings. The minimum atomic E-state index is -0.616. The zero-order chi connectivity index (χ0) is 17.5. The van der Waals surface area contributed by atoms with Crippen molar-refractivity contribution in [3.63, 3.8) is 0 Å². The third kappa shape index (κ3) is 4.56. The van der Waals surface area contributed by atoms with E-state index in [1.54, 1.807) is 6.92 Å². The van der Waals surface area contributed by atoms with Crippen molar-refractivity contribution in [2.24, 2.45) is 0 Å². The van der Waals surface area contributed by atoms with Crippen LogP contribution in [0.4, 0.5) is 20.6 Å². The van der Waals surface area contributed by atoms with Gasteiger partial charge in [-0.3, -0.25) is 4.79 Å². The number of methoxy groups -OCH3 is 1. The second kappa shape index (κ2) is 8.11. The zero-order valence-electron chi connectivity index (χ0n) is 13.3. The summed E-state index contributed by atoms with van der Waals surface area (Å²) >= 11 is 0. The first-order valence-corrected chi connectivity index (χ1v) is 7.20. The van der Waals surface area contributed by atoms with Crippen molar-refractivity contribution in [3.05, 3.63) is 47.7 Å². The standard InChI is InChI=1S/C16H18FN3O4/c1-10-12(5-7-24-10)15(21)20-14-9-11(3-4-13(14)17)19-16(22)18-6-8-23-2/h3-5,7,9H,6,8H2,1-2H3,(H,20,21)(H2,18,19,22). The summed E-state index contributed by atoms with van der Waals surface area (Å²) in [4.78, 5) is 23.8. The van der Waals surface area contributed by atoms with Gasteiger partial charge in [0, 0.05) is 19.3 Å². The van der Waals surface area contributed by atoms with Gasteiger partial charge in [0.1, 0.15) is 11.6 Å². The lowest BCUT2D eigenvalue weighted by atomic mass is 10.2. The van der Waals surface area contributed by atoms with Crippen LogP contribution >= 0.6 is 0 Å². The molecule has 1 heterocycles. The normalized spacial score (nSPS) is 10.3. The summed E-state index contributed by atoms with van der Waals surface area (Å²) in [5, 5.41) is 7.57. The molecule has 3 amide bonds. The van der Waals surface area contributed by atoms with E-state index >= 15 is 0 Å². The van der Waals surface area contributed by atoms with Gasteiger partial charge < -0.3 is 25.1 Å². The third-order valence-corrected chi connectivity index (χ3v) is 3.17. The van der Waals surface area contributed by atoms with Gasteiger partial charge >= 0.3 is 6.03 Å². The number of anilines is 2. The van der Waals surface area contributed by atoms with Crippen molar-refractivity contribution in [2.45, 2.75) is 6.92 Å². The molecule has 24 heavy (non-hydrogen) atoms. The fourth-order valence-electron chi connectivity index (χ4n) is 1.95. The molecule has 2 rings (SSSR count). The highest BCUT2D eigenvalue weighted by atomic mass is 19.1. The number of carbonyl (C=O) groups excluding carboxylic acids is 2. The summed E-state index contributed by atoms with van der Waals surface area (Å²) in [7, 11) is 1.52. The molecular formula is C16H18FN3O4. The van der Waals surface area contributed by atoms with Crippen molar-refractivity contribution in [1.82, 2.24) is 5.32 Å². The molecule has 1 aromatic heterocycles. The van der Waals surface area contributed by atoms with E-state index in [9.17, 15) is 14.0 Å². The molecule has 0 radical (unpaired) electrons. The Balaban J connectivity index is 2.04. The molecule has 0 aliphatic heterocycles. The van der Waals surface area contributed by atoms with E-state index in [2.05, 4.69) is 16.0 Å². The van der Waals surface area contributed by atoms with Gasteiger partial charge in [0.25, 0.3) is 5.91 Å². The highest BCUT2D eigenvalue weighted by Crippen LogP contribution is 2.21. The van der Waals surface area contributed by atoms with Crippen LogP contribution in [0, 0.1) is 12.7 Å². The van der Waals surface area contributed by atoms with Crippen molar-refractivity contribution in [2.75, 3.05) is 30.9 Å². The lowest BCUT2D eigenvalue weighted by Crippen LogP contribution is -2.31. The molecule has 0 aliphatic carbocycles. The van der Waals surface area contributed by atoms with Crippen LogP contribution in [0.5, 0.6) is 0 Å². The van der Waals surface area contributed by atoms with E-state index in [4.69, 9.17) is 9.15 Å². The molecule has 8 heteroatoms. The van der Waals surface area contributed by atoms with E-state index in [0.29, 0.717) is 30.2 Å². The van der Waals surface area contributed by atoms with Gasteiger partial charge in [-0.25, -0.2) is 9.18 Å². The van der Waals surface area contributed by atoms with Crippen LogP contribution in [-0.4, -0.2) is 32.2 Å². The number of carbonyl (C=O) groups is 2. The number of halogens is 1. The molecule has 128 valence electrons. The SMILES string of the molecule is COCCNC(=O)Nc1ccc(F)c(NC(=O)c2ccoc2C)c1. The molecule has 2 aromatic rings. The van der Waals surface area contributed by atoms with E-state index in [-0.39, 0.29) is 5.69 Å². The summed E-state index contributed by atoms with van der Waals surface area (Å²) in [6.45, 7) is 2.35. The van der Waals surface area contributed by atoms with Crippen LogP contribution in [0.2, 0.25) is 0 Å². The summed E-state index contributed by atoms with van der Waals surface area (Å²) in [5.74, 6) is -0.684. The summed E-state index contributed by atoms with van der Waals surface area (Å²) in [6.07, 6.45) is 1.38. The zero-order valence-corrected chi connectivity index (χ0v) is 13.3. The second-order valence-electron chi connectivity index (χ2n) is 4.91. The maximum absolute atomic E-state index is 13.9. The predicted molar refractivity (Wildman–Crippen MR) is 86.7 cm³/mol. The molecule has 0 saturated heterocycles. The Morgan fingerprint density at radius 2 is 2.04 bits per heavy atom. The number of hydrogen-bond acceptors (Lipinski definition) is 4. The Bertz CT molecular complexity index is 730. The summed E-state index contributed by atoms with van der Waals surface area (Å²) in [5.41, 5.74) is 0.603. The molecule has 0 atom stereocenters. The number of nitrogens with one attached hydrogen (secondary N) is 3. The van der Waals surface area contributed by atoms with Crippen LogP contribution in [0.25, 0.3) is 0 Å². The van der Waals surface area contributed by atoms with Gasteiger partial charge in [-0.1, -0.05) is 0 Å². The van der Waals surface area contributed by atoms with E-state index < -0.39 is 17.8 Å². The molecule has 0 saturated carbocycles. The number of amides is 3. The smallest absolute Gasteiger partial charge is 0.319 e. The van der Waals surface area contributed by atoms with Crippen LogP contribution in [0.1, 0.15) is 16.1 Å². The van der Waals surface area contributed by atoms with Crippen molar-refractivity contribution in [1.29, 1.82) is 0 Å². The van der Waals surface area contributed by atoms with E-state index in [1.807, 2.05) is 0 Å². The van der Waals surface area contributed by atoms with E-state index in [0.717, 1.165) is 6.07 Å².